The fourth-order valence-corrected chi connectivity index (χ4v) is 1.31. The second-order valence-corrected chi connectivity index (χ2v) is 4.02. The van der Waals surface area contributed by atoms with Crippen LogP contribution in [0.2, 0.25) is 0 Å². The van der Waals surface area contributed by atoms with Crippen LogP contribution in [0.25, 0.3) is 0 Å². The Bertz CT molecular complexity index is 59.9. The number of hydrogen-bond acceptors (Lipinski definition) is 2. The second kappa shape index (κ2) is 3.63. The van der Waals surface area contributed by atoms with Crippen LogP contribution in [0.5, 0.6) is 0 Å². The summed E-state index contributed by atoms with van der Waals surface area (Å²) < 4.78 is 11.4. The average molecular weight is 230 g/mol. The van der Waals surface area contributed by atoms with Gasteiger partial charge in [-0.15, -0.1) is 0 Å². The normalized spacial score (nSPS) is 12.5. The molecule has 0 aromatic heterocycles. The van der Waals surface area contributed by atoms with E-state index in [0.29, 0.717) is 0 Å². The van der Waals surface area contributed by atoms with E-state index in [2.05, 4.69) is 0 Å². The van der Waals surface area contributed by atoms with Crippen molar-refractivity contribution in [2.24, 2.45) is 3.95 Å². The van der Waals surface area contributed by atoms with Gasteiger partial charge in [0.1, 0.15) is 0 Å². The Hall–Kier alpha value is 0.650. The monoisotopic (exact) mass is 230 g/mol. The zero-order chi connectivity index (χ0) is 6.62. The van der Waals surface area contributed by atoms with E-state index in [1.54, 1.807) is 0 Å². The van der Waals surface area contributed by atoms with Gasteiger partial charge in [0.25, 0.3) is 0 Å². The number of nitrogens with two attached hydrogens (primary N) is 1. The van der Waals surface area contributed by atoms with Crippen molar-refractivity contribution in [3.8, 4) is 0 Å². The van der Waals surface area contributed by atoms with Crippen LogP contribution >= 0.6 is 0 Å². The number of hydrogen-bond donors (Lipinski definition) is 1. The quantitative estimate of drug-likeness (QED) is 0.329. The van der Waals surface area contributed by atoms with Crippen LogP contribution in [0.1, 0.15) is 20.8 Å². The van der Waals surface area contributed by atoms with E-state index < -0.39 is 0 Å². The molecule has 0 aromatic carbocycles. The van der Waals surface area contributed by atoms with Crippen LogP contribution in [0.15, 0.2) is 0 Å². The molecule has 2 nitrogen and oxygen atoms in total. The number of rotatable bonds is 2. The average Bonchev–Trinajstić information content (AvgIpc) is 1.59. The molecule has 0 saturated carbocycles. The molecule has 0 fully saturated rings. The molecule has 0 unspecified atom stereocenters. The topological polar surface area (TPSA) is 35.2 Å². The SMILES string of the molecule is CC(C)(C)OC[I-]N. The van der Waals surface area contributed by atoms with Gasteiger partial charge in [0.2, 0.25) is 0 Å². The Morgan fingerprint density at radius 1 is 1.50 bits per heavy atom. The van der Waals surface area contributed by atoms with E-state index in [1.807, 2.05) is 20.8 Å². The van der Waals surface area contributed by atoms with Crippen LogP contribution in [0.3, 0.4) is 0 Å². The summed E-state index contributed by atoms with van der Waals surface area (Å²) in [5, 5.41) is 0. The van der Waals surface area contributed by atoms with Crippen molar-refractivity contribution in [1.82, 2.24) is 0 Å². The van der Waals surface area contributed by atoms with Crippen molar-refractivity contribution in [2.75, 3.05) is 4.61 Å². The van der Waals surface area contributed by atoms with Gasteiger partial charge in [0.15, 0.2) is 0 Å². The molecule has 0 amide bonds. The van der Waals surface area contributed by atoms with Gasteiger partial charge in [0, 0.05) is 0 Å². The molecule has 0 heterocycles. The summed E-state index contributed by atoms with van der Waals surface area (Å²) in [4.78, 5) is 0. The van der Waals surface area contributed by atoms with Crippen molar-refractivity contribution in [3.63, 3.8) is 0 Å². The summed E-state index contributed by atoms with van der Waals surface area (Å²) in [6, 6.07) is 0. The number of halogens is 1. The second-order valence-electron chi connectivity index (χ2n) is 2.52. The molecule has 0 aliphatic carbocycles. The van der Waals surface area contributed by atoms with Crippen molar-refractivity contribution < 1.29 is 26.2 Å². The Kier molecular flexibility index (Phi) is 3.93. The van der Waals surface area contributed by atoms with Gasteiger partial charge in [-0.3, -0.25) is 0 Å². The van der Waals surface area contributed by atoms with Crippen LogP contribution in [-0.2, 0) is 4.74 Å². The minimum atomic E-state index is -0.181. The summed E-state index contributed by atoms with van der Waals surface area (Å²) in [5.74, 6) is 0. The molecule has 0 atom stereocenters. The molecule has 52 valence electrons. The van der Waals surface area contributed by atoms with Crippen molar-refractivity contribution >= 4 is 0 Å². The molecule has 0 spiro atoms. The van der Waals surface area contributed by atoms with Crippen molar-refractivity contribution in [1.29, 1.82) is 0 Å². The molecule has 0 radical (unpaired) electrons. The Labute approximate surface area is 61.4 Å². The summed E-state index contributed by atoms with van der Waals surface area (Å²) in [6.07, 6.45) is 0. The minimum absolute atomic E-state index is 0.000903. The molecule has 0 rings (SSSR count). The van der Waals surface area contributed by atoms with Gasteiger partial charge in [-0.2, -0.15) is 0 Å². The van der Waals surface area contributed by atoms with Gasteiger partial charge in [-0.05, 0) is 0 Å². The maximum atomic E-state index is 5.32. The molecule has 8 heavy (non-hydrogen) atoms. The first-order valence-corrected chi connectivity index (χ1v) is 5.25. The standard InChI is InChI=1S/C5H13INO/c1-5(2,3)8-4-6-7/h4,7H2,1-3H3/q-1. The van der Waals surface area contributed by atoms with Gasteiger partial charge in [-0.25, -0.2) is 0 Å². The van der Waals surface area contributed by atoms with Crippen LogP contribution < -0.4 is 25.4 Å². The Balaban J connectivity index is 3.11. The van der Waals surface area contributed by atoms with Crippen LogP contribution in [0.4, 0.5) is 0 Å². The third-order valence-corrected chi connectivity index (χ3v) is 1.22. The molecular formula is C5H13INO-. The van der Waals surface area contributed by atoms with Gasteiger partial charge in [-0.1, -0.05) is 0 Å². The van der Waals surface area contributed by atoms with E-state index in [1.165, 1.54) is 0 Å². The summed E-state index contributed by atoms with van der Waals surface area (Å²) >= 11 is -0.181. The first-order valence-electron chi connectivity index (χ1n) is 2.48. The van der Waals surface area contributed by atoms with Crippen LogP contribution in [0, 0.1) is 0 Å². The molecule has 2 N–H and O–H groups in total. The first kappa shape index (κ1) is 8.65. The summed E-state index contributed by atoms with van der Waals surface area (Å²) in [7, 11) is 0. The Morgan fingerprint density at radius 2 is 2.00 bits per heavy atom. The zero-order valence-electron chi connectivity index (χ0n) is 5.57. The van der Waals surface area contributed by atoms with E-state index >= 15 is 0 Å². The molecule has 0 saturated heterocycles. The molecule has 0 aliphatic rings. The third-order valence-electron chi connectivity index (χ3n) is 0.551. The van der Waals surface area contributed by atoms with E-state index in [0.717, 1.165) is 4.61 Å². The molecule has 0 aromatic rings. The summed E-state index contributed by atoms with van der Waals surface area (Å²) in [6.45, 7) is 6.10. The molecule has 0 aliphatic heterocycles. The fourth-order valence-electron chi connectivity index (χ4n) is 0.195. The van der Waals surface area contributed by atoms with E-state index in [4.69, 9.17) is 8.68 Å². The van der Waals surface area contributed by atoms with Gasteiger partial charge >= 0.3 is 61.1 Å². The molecule has 3 heteroatoms. The van der Waals surface area contributed by atoms with Gasteiger partial charge < -0.3 is 0 Å². The van der Waals surface area contributed by atoms with Crippen molar-refractivity contribution in [2.45, 2.75) is 26.4 Å². The predicted molar refractivity (Wildman–Crippen MR) is 29.9 cm³/mol. The maximum absolute atomic E-state index is 5.32. The Morgan fingerprint density at radius 3 is 2.12 bits per heavy atom. The third kappa shape index (κ3) is 6.65. The predicted octanol–water partition coefficient (Wildman–Crippen LogP) is -2.28. The first-order chi connectivity index (χ1) is 3.56. The zero-order valence-corrected chi connectivity index (χ0v) is 7.73. The number of ether oxygens (including phenoxy) is 1. The van der Waals surface area contributed by atoms with Crippen molar-refractivity contribution in [3.05, 3.63) is 0 Å². The van der Waals surface area contributed by atoms with E-state index in [-0.39, 0.29) is 27.1 Å². The molecule has 0 bridgehead atoms. The summed E-state index contributed by atoms with van der Waals surface area (Å²) in [5.41, 5.74) is -0.000903. The van der Waals surface area contributed by atoms with Crippen LogP contribution in [-0.4, -0.2) is 10.2 Å². The fraction of sp³-hybridized carbons (Fsp3) is 1.00. The van der Waals surface area contributed by atoms with Gasteiger partial charge in [0.05, 0.1) is 0 Å². The molecular weight excluding hydrogens is 217 g/mol. The number of alkyl halides is 1. The van der Waals surface area contributed by atoms with E-state index in [9.17, 15) is 0 Å².